The van der Waals surface area contributed by atoms with Crippen molar-refractivity contribution in [1.82, 2.24) is 15.1 Å². The fourth-order valence-electron chi connectivity index (χ4n) is 1.77. The van der Waals surface area contributed by atoms with Gasteiger partial charge in [-0.2, -0.15) is 0 Å². The van der Waals surface area contributed by atoms with Crippen molar-refractivity contribution in [2.45, 2.75) is 6.10 Å². The molecular formula is C11H15ClN4O2. The summed E-state index contributed by atoms with van der Waals surface area (Å²) in [7, 11) is 3.43. The van der Waals surface area contributed by atoms with Gasteiger partial charge in [0.15, 0.2) is 17.1 Å². The van der Waals surface area contributed by atoms with Crippen LogP contribution in [0.5, 0.6) is 0 Å². The van der Waals surface area contributed by atoms with Crippen LogP contribution in [-0.2, 0) is 9.53 Å². The Bertz CT molecular complexity index is 424. The topological polar surface area (TPSA) is 58.6 Å². The molecule has 0 spiro atoms. The number of halogens is 1. The summed E-state index contributed by atoms with van der Waals surface area (Å²) in [6.07, 6.45) is -0.453. The van der Waals surface area contributed by atoms with Crippen LogP contribution in [-0.4, -0.2) is 60.9 Å². The van der Waals surface area contributed by atoms with Crippen molar-refractivity contribution in [2.24, 2.45) is 0 Å². The van der Waals surface area contributed by atoms with Gasteiger partial charge >= 0.3 is 0 Å². The third kappa shape index (κ3) is 2.88. The minimum Gasteiger partial charge on any atom is -0.365 e. The predicted octanol–water partition coefficient (Wildman–Crippen LogP) is 0.423. The zero-order valence-corrected chi connectivity index (χ0v) is 11.1. The highest BCUT2D eigenvalue weighted by Crippen LogP contribution is 2.16. The lowest BCUT2D eigenvalue weighted by Crippen LogP contribution is -2.49. The van der Waals surface area contributed by atoms with E-state index in [1.165, 1.54) is 4.90 Å². The highest BCUT2D eigenvalue weighted by molar-refractivity contribution is 6.29. The summed E-state index contributed by atoms with van der Waals surface area (Å²) in [5.41, 5.74) is 0. The number of hydrogen-bond acceptors (Lipinski definition) is 5. The van der Waals surface area contributed by atoms with Crippen LogP contribution in [0.3, 0.4) is 0 Å². The summed E-state index contributed by atoms with van der Waals surface area (Å²) >= 11 is 5.69. The first-order valence-electron chi connectivity index (χ1n) is 5.65. The van der Waals surface area contributed by atoms with E-state index < -0.39 is 6.10 Å². The molecule has 6 nitrogen and oxygen atoms in total. The van der Waals surface area contributed by atoms with Gasteiger partial charge in [0.05, 0.1) is 13.2 Å². The number of carbonyl (C=O) groups is 1. The van der Waals surface area contributed by atoms with Crippen molar-refractivity contribution < 1.29 is 9.53 Å². The zero-order chi connectivity index (χ0) is 13.1. The van der Waals surface area contributed by atoms with E-state index in [1.807, 2.05) is 4.90 Å². The summed E-state index contributed by atoms with van der Waals surface area (Å²) in [6.45, 7) is 1.66. The van der Waals surface area contributed by atoms with Gasteiger partial charge in [-0.3, -0.25) is 4.79 Å². The largest absolute Gasteiger partial charge is 0.365 e. The molecule has 1 atom stereocenters. The van der Waals surface area contributed by atoms with E-state index in [0.717, 1.165) is 0 Å². The summed E-state index contributed by atoms with van der Waals surface area (Å²) in [4.78, 5) is 15.3. The molecule has 0 aliphatic carbocycles. The number of aromatic nitrogens is 2. The molecule has 0 aromatic carbocycles. The number of anilines is 1. The summed E-state index contributed by atoms with van der Waals surface area (Å²) in [5, 5.41) is 8.16. The molecule has 18 heavy (non-hydrogen) atoms. The first kappa shape index (κ1) is 13.0. The molecule has 0 unspecified atom stereocenters. The number of nitrogens with zero attached hydrogens (tertiary/aromatic N) is 4. The highest BCUT2D eigenvalue weighted by Gasteiger charge is 2.28. The van der Waals surface area contributed by atoms with E-state index in [-0.39, 0.29) is 5.91 Å². The highest BCUT2D eigenvalue weighted by atomic mass is 35.5. The van der Waals surface area contributed by atoms with Crippen LogP contribution in [0, 0.1) is 0 Å². The second kappa shape index (κ2) is 5.49. The molecule has 0 saturated carbocycles. The van der Waals surface area contributed by atoms with E-state index in [2.05, 4.69) is 10.2 Å². The Morgan fingerprint density at radius 3 is 2.89 bits per heavy atom. The Kier molecular flexibility index (Phi) is 3.98. The molecule has 1 saturated heterocycles. The van der Waals surface area contributed by atoms with Gasteiger partial charge in [-0.15, -0.1) is 10.2 Å². The molecule has 7 heteroatoms. The molecule has 0 N–H and O–H groups in total. The van der Waals surface area contributed by atoms with Crippen LogP contribution in [0.1, 0.15) is 0 Å². The van der Waals surface area contributed by atoms with E-state index in [0.29, 0.717) is 30.7 Å². The second-order valence-electron chi connectivity index (χ2n) is 4.25. The molecule has 1 aliphatic rings. The second-order valence-corrected chi connectivity index (χ2v) is 4.64. The number of amides is 1. The first-order valence-corrected chi connectivity index (χ1v) is 6.02. The van der Waals surface area contributed by atoms with Crippen molar-refractivity contribution >= 4 is 23.3 Å². The molecule has 98 valence electrons. The lowest BCUT2D eigenvalue weighted by atomic mass is 10.2. The third-order valence-corrected chi connectivity index (χ3v) is 2.93. The number of rotatable bonds is 2. The van der Waals surface area contributed by atoms with E-state index in [1.54, 1.807) is 26.2 Å². The normalized spacial score (nSPS) is 19.7. The molecule has 1 fully saturated rings. The number of ether oxygens (including phenoxy) is 1. The summed E-state index contributed by atoms with van der Waals surface area (Å²) in [6, 6.07) is 3.47. The van der Waals surface area contributed by atoms with Gasteiger partial charge in [0.25, 0.3) is 5.91 Å². The molecule has 2 rings (SSSR count). The van der Waals surface area contributed by atoms with Crippen molar-refractivity contribution in [2.75, 3.05) is 38.7 Å². The van der Waals surface area contributed by atoms with Gasteiger partial charge in [0.2, 0.25) is 0 Å². The maximum atomic E-state index is 11.8. The fraction of sp³-hybridized carbons (Fsp3) is 0.545. The Hall–Kier alpha value is -1.40. The SMILES string of the molecule is CN(C)C(=O)[C@H]1CN(c2ccc(Cl)nn2)CCO1. The fourth-order valence-corrected chi connectivity index (χ4v) is 1.87. The monoisotopic (exact) mass is 270 g/mol. The Balaban J connectivity index is 2.07. The van der Waals surface area contributed by atoms with Gasteiger partial charge < -0.3 is 14.5 Å². The summed E-state index contributed by atoms with van der Waals surface area (Å²) < 4.78 is 5.47. The van der Waals surface area contributed by atoms with E-state index in [4.69, 9.17) is 16.3 Å². The third-order valence-electron chi connectivity index (χ3n) is 2.72. The van der Waals surface area contributed by atoms with Crippen molar-refractivity contribution in [1.29, 1.82) is 0 Å². The van der Waals surface area contributed by atoms with Crippen LogP contribution >= 0.6 is 11.6 Å². The van der Waals surface area contributed by atoms with Crippen LogP contribution in [0.4, 0.5) is 5.82 Å². The Labute approximate surface area is 110 Å². The zero-order valence-electron chi connectivity index (χ0n) is 10.3. The molecule has 2 heterocycles. The molecule has 0 bridgehead atoms. The minimum absolute atomic E-state index is 0.0402. The van der Waals surface area contributed by atoms with Crippen LogP contribution in [0.2, 0.25) is 5.15 Å². The maximum absolute atomic E-state index is 11.8. The van der Waals surface area contributed by atoms with Crippen molar-refractivity contribution in [3.8, 4) is 0 Å². The molecule has 1 amide bonds. The van der Waals surface area contributed by atoms with Gasteiger partial charge in [-0.1, -0.05) is 11.6 Å². The van der Waals surface area contributed by atoms with Gasteiger partial charge in [0.1, 0.15) is 0 Å². The van der Waals surface area contributed by atoms with Crippen LogP contribution < -0.4 is 4.90 Å². The maximum Gasteiger partial charge on any atom is 0.253 e. The van der Waals surface area contributed by atoms with E-state index in [9.17, 15) is 4.79 Å². The molecular weight excluding hydrogens is 256 g/mol. The van der Waals surface area contributed by atoms with Gasteiger partial charge in [-0.25, -0.2) is 0 Å². The molecule has 1 aromatic heterocycles. The summed E-state index contributed by atoms with van der Waals surface area (Å²) in [5.74, 6) is 0.667. The van der Waals surface area contributed by atoms with E-state index >= 15 is 0 Å². The predicted molar refractivity (Wildman–Crippen MR) is 67.7 cm³/mol. The Morgan fingerprint density at radius 1 is 1.50 bits per heavy atom. The van der Waals surface area contributed by atoms with Crippen LogP contribution in [0.15, 0.2) is 12.1 Å². The molecule has 1 aromatic rings. The minimum atomic E-state index is -0.453. The number of carbonyl (C=O) groups excluding carboxylic acids is 1. The average molecular weight is 271 g/mol. The number of hydrogen-bond donors (Lipinski definition) is 0. The standard InChI is InChI=1S/C11H15ClN4O2/c1-15(2)11(17)8-7-16(5-6-18-8)10-4-3-9(12)13-14-10/h3-4,8H,5-7H2,1-2H3/t8-/m1/s1. The first-order chi connectivity index (χ1) is 8.58. The Morgan fingerprint density at radius 2 is 2.28 bits per heavy atom. The number of morpholine rings is 1. The van der Waals surface area contributed by atoms with Crippen molar-refractivity contribution in [3.63, 3.8) is 0 Å². The molecule has 0 radical (unpaired) electrons. The smallest absolute Gasteiger partial charge is 0.253 e. The average Bonchev–Trinajstić information content (AvgIpc) is 2.38. The molecule has 1 aliphatic heterocycles. The number of likely N-dealkylation sites (N-methyl/N-ethyl adjacent to an activating group) is 1. The lowest BCUT2D eigenvalue weighted by molar-refractivity contribution is -0.141. The van der Waals surface area contributed by atoms with Gasteiger partial charge in [0, 0.05) is 20.6 Å². The lowest BCUT2D eigenvalue weighted by Gasteiger charge is -2.33. The quantitative estimate of drug-likeness (QED) is 0.780. The van der Waals surface area contributed by atoms with Crippen LogP contribution in [0.25, 0.3) is 0 Å². The van der Waals surface area contributed by atoms with Gasteiger partial charge in [-0.05, 0) is 12.1 Å². The van der Waals surface area contributed by atoms with Crippen molar-refractivity contribution in [3.05, 3.63) is 17.3 Å².